The number of hydrogen-bond acceptors (Lipinski definition) is 7. The maximum atomic E-state index is 14.0. The Morgan fingerprint density at radius 2 is 2.18 bits per heavy atom. The van der Waals surface area contributed by atoms with Crippen LogP contribution in [-0.4, -0.2) is 41.9 Å². The average molecular weight is 408 g/mol. The summed E-state index contributed by atoms with van der Waals surface area (Å²) in [7, 11) is 0. The molecule has 1 aliphatic heterocycles. The van der Waals surface area contributed by atoms with E-state index in [0.29, 0.717) is 35.2 Å². The zero-order valence-electron chi connectivity index (χ0n) is 16.4. The van der Waals surface area contributed by atoms with Gasteiger partial charge < -0.3 is 20.1 Å². The van der Waals surface area contributed by atoms with E-state index in [1.54, 1.807) is 19.9 Å². The topological polar surface area (TPSA) is 74.7 Å². The van der Waals surface area contributed by atoms with Gasteiger partial charge in [-0.25, -0.2) is 14.2 Å². The Hall–Kier alpha value is -2.19. The van der Waals surface area contributed by atoms with Crippen LogP contribution < -0.4 is 10.2 Å². The van der Waals surface area contributed by atoms with Gasteiger partial charge in [-0.05, 0) is 51.8 Å². The molecule has 0 radical (unpaired) electrons. The third kappa shape index (κ3) is 4.62. The van der Waals surface area contributed by atoms with E-state index >= 15 is 0 Å². The molecular formula is C20H26FN3O3S. The quantitative estimate of drug-likeness (QED) is 0.708. The molecule has 2 heterocycles. The number of aliphatic hydroxyl groups is 1. The van der Waals surface area contributed by atoms with E-state index in [4.69, 9.17) is 4.74 Å². The number of nitrogens with zero attached hydrogens (tertiary/aromatic N) is 2. The Kier molecular flexibility index (Phi) is 6.51. The number of aliphatic hydroxyl groups excluding tert-OH is 1. The molecule has 2 N–H and O–H groups in total. The molecule has 8 heteroatoms. The number of hydrogen-bond donors (Lipinski definition) is 2. The minimum Gasteiger partial charge on any atom is -0.462 e. The number of carbonyl (C=O) groups excluding carboxylic acids is 1. The number of carbonyl (C=O) groups is 1. The van der Waals surface area contributed by atoms with Crippen LogP contribution in [0.2, 0.25) is 0 Å². The highest BCUT2D eigenvalue weighted by Crippen LogP contribution is 2.33. The third-order valence-electron chi connectivity index (χ3n) is 4.86. The summed E-state index contributed by atoms with van der Waals surface area (Å²) >= 11 is 1.24. The summed E-state index contributed by atoms with van der Waals surface area (Å²) in [5.41, 5.74) is 2.39. The van der Waals surface area contributed by atoms with Crippen LogP contribution in [0.25, 0.3) is 0 Å². The number of ether oxygens (including phenoxy) is 1. The van der Waals surface area contributed by atoms with E-state index in [-0.39, 0.29) is 23.9 Å². The van der Waals surface area contributed by atoms with Crippen molar-refractivity contribution in [3.05, 3.63) is 40.2 Å². The van der Waals surface area contributed by atoms with E-state index in [1.807, 2.05) is 6.92 Å². The lowest BCUT2D eigenvalue weighted by molar-refractivity contribution is 0.0531. The van der Waals surface area contributed by atoms with Gasteiger partial charge in [-0.2, -0.15) is 0 Å². The first-order valence-electron chi connectivity index (χ1n) is 9.52. The number of anilines is 2. The Bertz CT molecular complexity index is 834. The molecule has 1 saturated heterocycles. The first-order valence-corrected chi connectivity index (χ1v) is 10.3. The van der Waals surface area contributed by atoms with Crippen molar-refractivity contribution in [1.29, 1.82) is 0 Å². The molecule has 1 fully saturated rings. The molecule has 1 unspecified atom stereocenters. The van der Waals surface area contributed by atoms with Gasteiger partial charge in [0.25, 0.3) is 0 Å². The summed E-state index contributed by atoms with van der Waals surface area (Å²) in [6, 6.07) is 4.57. The predicted octanol–water partition coefficient (Wildman–Crippen LogP) is 3.90. The highest BCUT2D eigenvalue weighted by atomic mass is 32.1. The van der Waals surface area contributed by atoms with Gasteiger partial charge in [0.2, 0.25) is 0 Å². The van der Waals surface area contributed by atoms with E-state index in [0.717, 1.165) is 24.3 Å². The number of aromatic nitrogens is 1. The number of piperidine rings is 1. The lowest BCUT2D eigenvalue weighted by atomic mass is 10.0. The molecule has 0 aliphatic carbocycles. The molecule has 1 aliphatic rings. The number of aryl methyl sites for hydroxylation is 1. The van der Waals surface area contributed by atoms with Gasteiger partial charge in [0.05, 0.1) is 24.4 Å². The molecule has 152 valence electrons. The Balaban J connectivity index is 1.81. The largest absolute Gasteiger partial charge is 0.462 e. The predicted molar refractivity (Wildman–Crippen MR) is 109 cm³/mol. The highest BCUT2D eigenvalue weighted by Gasteiger charge is 2.23. The van der Waals surface area contributed by atoms with Gasteiger partial charge in [-0.3, -0.25) is 0 Å². The van der Waals surface area contributed by atoms with Crippen molar-refractivity contribution in [2.75, 3.05) is 29.9 Å². The third-order valence-corrected chi connectivity index (χ3v) is 5.93. The van der Waals surface area contributed by atoms with Gasteiger partial charge in [-0.1, -0.05) is 11.3 Å². The molecule has 0 saturated carbocycles. The zero-order valence-corrected chi connectivity index (χ0v) is 17.2. The van der Waals surface area contributed by atoms with E-state index in [2.05, 4.69) is 15.2 Å². The van der Waals surface area contributed by atoms with Crippen LogP contribution in [0.15, 0.2) is 18.2 Å². The molecular weight excluding hydrogens is 381 g/mol. The van der Waals surface area contributed by atoms with Crippen LogP contribution in [0.5, 0.6) is 0 Å². The van der Waals surface area contributed by atoms with Crippen molar-refractivity contribution >= 4 is 28.1 Å². The molecule has 1 aromatic heterocycles. The van der Waals surface area contributed by atoms with Crippen molar-refractivity contribution in [2.45, 2.75) is 45.8 Å². The van der Waals surface area contributed by atoms with Crippen LogP contribution in [-0.2, 0) is 4.74 Å². The fourth-order valence-electron chi connectivity index (χ4n) is 3.37. The number of rotatable bonds is 6. The van der Waals surface area contributed by atoms with Crippen LogP contribution in [0.1, 0.15) is 53.7 Å². The van der Waals surface area contributed by atoms with Crippen LogP contribution in [0, 0.1) is 12.7 Å². The van der Waals surface area contributed by atoms with Crippen LogP contribution in [0.4, 0.5) is 15.2 Å². The van der Waals surface area contributed by atoms with Crippen LogP contribution in [0.3, 0.4) is 0 Å². The van der Waals surface area contributed by atoms with Gasteiger partial charge in [-0.15, -0.1) is 0 Å². The summed E-state index contributed by atoms with van der Waals surface area (Å²) in [5, 5.41) is 13.6. The van der Waals surface area contributed by atoms with Gasteiger partial charge in [0.15, 0.2) is 5.13 Å². The second-order valence-electron chi connectivity index (χ2n) is 6.94. The number of nitrogens with one attached hydrogen (secondary N) is 1. The van der Waals surface area contributed by atoms with E-state index in [9.17, 15) is 14.3 Å². The molecule has 0 bridgehead atoms. The lowest BCUT2D eigenvalue weighted by Crippen LogP contribution is -2.36. The molecule has 0 spiro atoms. The monoisotopic (exact) mass is 407 g/mol. The molecule has 1 aromatic carbocycles. The number of esters is 1. The minimum atomic E-state index is -0.378. The normalized spacial score (nSPS) is 16.1. The summed E-state index contributed by atoms with van der Waals surface area (Å²) in [6.07, 6.45) is 1.13. The summed E-state index contributed by atoms with van der Waals surface area (Å²) in [6.45, 7) is 7.25. The van der Waals surface area contributed by atoms with Crippen molar-refractivity contribution < 1.29 is 19.0 Å². The van der Waals surface area contributed by atoms with Crippen molar-refractivity contribution in [1.82, 2.24) is 4.98 Å². The maximum absolute atomic E-state index is 14.0. The SMILES string of the molecule is CCOC(=O)c1sc(NC(C)c2cc(F)ccc2N2CCC(O)CC2)nc1C. The van der Waals surface area contributed by atoms with Crippen LogP contribution >= 0.6 is 11.3 Å². The summed E-state index contributed by atoms with van der Waals surface area (Å²) in [5.74, 6) is -0.677. The number of halogens is 1. The van der Waals surface area contributed by atoms with E-state index in [1.165, 1.54) is 23.5 Å². The van der Waals surface area contributed by atoms with Gasteiger partial charge in [0, 0.05) is 24.3 Å². The van der Waals surface area contributed by atoms with Gasteiger partial charge >= 0.3 is 5.97 Å². The van der Waals surface area contributed by atoms with Gasteiger partial charge in [0.1, 0.15) is 10.7 Å². The molecule has 2 aromatic rings. The second-order valence-corrected chi connectivity index (χ2v) is 7.94. The average Bonchev–Trinajstić information content (AvgIpc) is 3.03. The molecule has 3 rings (SSSR count). The van der Waals surface area contributed by atoms with Crippen molar-refractivity contribution in [3.8, 4) is 0 Å². The molecule has 6 nitrogen and oxygen atoms in total. The minimum absolute atomic E-state index is 0.210. The first kappa shape index (κ1) is 20.5. The summed E-state index contributed by atoms with van der Waals surface area (Å²) < 4.78 is 19.0. The molecule has 0 amide bonds. The lowest BCUT2D eigenvalue weighted by Gasteiger charge is -2.34. The fourth-order valence-corrected chi connectivity index (χ4v) is 4.32. The molecule has 28 heavy (non-hydrogen) atoms. The summed E-state index contributed by atoms with van der Waals surface area (Å²) in [4.78, 5) is 19.1. The second kappa shape index (κ2) is 8.87. The Morgan fingerprint density at radius 1 is 1.46 bits per heavy atom. The molecule has 1 atom stereocenters. The zero-order chi connectivity index (χ0) is 20.3. The van der Waals surface area contributed by atoms with Crippen molar-refractivity contribution in [3.63, 3.8) is 0 Å². The number of thiazole rings is 1. The Labute approximate surface area is 168 Å². The maximum Gasteiger partial charge on any atom is 0.350 e. The smallest absolute Gasteiger partial charge is 0.350 e. The Morgan fingerprint density at radius 3 is 2.86 bits per heavy atom. The van der Waals surface area contributed by atoms with Crippen molar-refractivity contribution in [2.24, 2.45) is 0 Å². The first-order chi connectivity index (χ1) is 13.4. The fraction of sp³-hybridized carbons (Fsp3) is 0.500. The van der Waals surface area contributed by atoms with E-state index < -0.39 is 0 Å². The number of benzene rings is 1. The highest BCUT2D eigenvalue weighted by molar-refractivity contribution is 7.17. The standard InChI is InChI=1S/C20H26FN3O3S/c1-4-27-19(26)18-13(3)23-20(28-18)22-12(2)16-11-14(21)5-6-17(16)24-9-7-15(25)8-10-24/h5-6,11-12,15,25H,4,7-10H2,1-3H3,(H,22,23).